The smallest absolute Gasteiger partial charge is 0.251 e. The Labute approximate surface area is 160 Å². The summed E-state index contributed by atoms with van der Waals surface area (Å²) in [4.78, 5) is 18.9. The Morgan fingerprint density at radius 1 is 1.07 bits per heavy atom. The Bertz CT molecular complexity index is 746. The highest BCUT2D eigenvalue weighted by atomic mass is 16.5. The molecule has 1 fully saturated rings. The maximum Gasteiger partial charge on any atom is 0.251 e. The van der Waals surface area contributed by atoms with Gasteiger partial charge in [-0.2, -0.15) is 0 Å². The number of hydrogen-bond acceptors (Lipinski definition) is 5. The second kappa shape index (κ2) is 9.37. The van der Waals surface area contributed by atoms with E-state index in [-0.39, 0.29) is 11.9 Å². The van der Waals surface area contributed by atoms with Gasteiger partial charge in [0.2, 0.25) is 0 Å². The molecule has 3 rings (SSSR count). The predicted molar refractivity (Wildman–Crippen MR) is 104 cm³/mol. The topological polar surface area (TPSA) is 63.7 Å². The van der Waals surface area contributed by atoms with Crippen LogP contribution in [-0.2, 0) is 0 Å². The van der Waals surface area contributed by atoms with Crippen molar-refractivity contribution in [3.05, 3.63) is 53.9 Å². The van der Waals surface area contributed by atoms with E-state index in [0.29, 0.717) is 23.6 Å². The van der Waals surface area contributed by atoms with Crippen molar-refractivity contribution in [2.75, 3.05) is 33.9 Å². The van der Waals surface area contributed by atoms with Crippen molar-refractivity contribution in [2.45, 2.75) is 25.3 Å². The average molecular weight is 369 g/mol. The number of ether oxygens (including phenoxy) is 2. The molecule has 1 aromatic heterocycles. The van der Waals surface area contributed by atoms with Crippen molar-refractivity contribution < 1.29 is 14.3 Å². The van der Waals surface area contributed by atoms with E-state index in [1.165, 1.54) is 19.3 Å². The molecule has 1 atom stereocenters. The number of hydrogen-bond donors (Lipinski definition) is 1. The number of methoxy groups -OCH3 is 2. The van der Waals surface area contributed by atoms with Gasteiger partial charge in [-0.15, -0.1) is 0 Å². The van der Waals surface area contributed by atoms with Gasteiger partial charge in [-0.25, -0.2) is 0 Å². The highest BCUT2D eigenvalue weighted by Gasteiger charge is 2.24. The fraction of sp³-hybridized carbons (Fsp3) is 0.429. The molecule has 2 aromatic rings. The lowest BCUT2D eigenvalue weighted by atomic mass is 10.0. The number of piperidine rings is 1. The summed E-state index contributed by atoms with van der Waals surface area (Å²) in [6.07, 6.45) is 6.89. The molecular formula is C21H27N3O3. The first-order valence-corrected chi connectivity index (χ1v) is 9.37. The van der Waals surface area contributed by atoms with Crippen molar-refractivity contribution in [2.24, 2.45) is 0 Å². The van der Waals surface area contributed by atoms with E-state index in [1.54, 1.807) is 38.7 Å². The lowest BCUT2D eigenvalue weighted by Crippen LogP contribution is -2.40. The van der Waals surface area contributed by atoms with Crippen molar-refractivity contribution in [3.8, 4) is 11.5 Å². The molecule has 144 valence electrons. The normalized spacial score (nSPS) is 15.8. The summed E-state index contributed by atoms with van der Waals surface area (Å²) in [5.41, 5.74) is 1.74. The molecule has 0 bridgehead atoms. The first-order chi connectivity index (χ1) is 13.2. The number of carbonyl (C=O) groups is 1. The fourth-order valence-corrected chi connectivity index (χ4v) is 3.54. The molecule has 0 aliphatic carbocycles. The van der Waals surface area contributed by atoms with Gasteiger partial charge in [0.15, 0.2) is 11.5 Å². The zero-order valence-electron chi connectivity index (χ0n) is 16.0. The molecule has 6 nitrogen and oxygen atoms in total. The van der Waals surface area contributed by atoms with Gasteiger partial charge in [0.05, 0.1) is 20.3 Å². The van der Waals surface area contributed by atoms with Crippen LogP contribution in [0.3, 0.4) is 0 Å². The van der Waals surface area contributed by atoms with Gasteiger partial charge >= 0.3 is 0 Å². The summed E-state index contributed by atoms with van der Waals surface area (Å²) >= 11 is 0. The molecule has 0 spiro atoms. The monoisotopic (exact) mass is 369 g/mol. The van der Waals surface area contributed by atoms with E-state index in [2.05, 4.69) is 21.3 Å². The van der Waals surface area contributed by atoms with Gasteiger partial charge in [0, 0.05) is 24.5 Å². The van der Waals surface area contributed by atoms with Gasteiger partial charge in [0.25, 0.3) is 5.91 Å². The second-order valence-electron chi connectivity index (χ2n) is 6.67. The summed E-state index contributed by atoms with van der Waals surface area (Å²) in [6.45, 7) is 2.60. The second-order valence-corrected chi connectivity index (χ2v) is 6.67. The summed E-state index contributed by atoms with van der Waals surface area (Å²) in [5.74, 6) is 1.33. The Morgan fingerprint density at radius 2 is 1.78 bits per heavy atom. The molecule has 1 saturated heterocycles. The number of nitrogens with one attached hydrogen (secondary N) is 1. The first kappa shape index (κ1) is 19.2. The van der Waals surface area contributed by atoms with Crippen LogP contribution in [0.4, 0.5) is 0 Å². The number of rotatable bonds is 7. The van der Waals surface area contributed by atoms with E-state index in [4.69, 9.17) is 9.47 Å². The number of nitrogens with zero attached hydrogens (tertiary/aromatic N) is 2. The molecule has 2 heterocycles. The highest BCUT2D eigenvalue weighted by Crippen LogP contribution is 2.32. The van der Waals surface area contributed by atoms with Crippen LogP contribution < -0.4 is 14.8 Å². The standard InChI is InChI=1S/C21H27N3O3/c1-26-19-7-6-17(14-20(19)27-2)18(24-12-4-3-5-13-24)15-23-21(25)16-8-10-22-11-9-16/h6-11,14,18H,3-5,12-13,15H2,1-2H3,(H,23,25). The molecular weight excluding hydrogens is 342 g/mol. The van der Waals surface area contributed by atoms with Crippen LogP contribution in [-0.4, -0.2) is 49.6 Å². The van der Waals surface area contributed by atoms with E-state index < -0.39 is 0 Å². The van der Waals surface area contributed by atoms with Crippen LogP contribution in [0, 0.1) is 0 Å². The third kappa shape index (κ3) is 4.77. The first-order valence-electron chi connectivity index (χ1n) is 9.37. The number of benzene rings is 1. The Morgan fingerprint density at radius 3 is 2.44 bits per heavy atom. The van der Waals surface area contributed by atoms with E-state index in [1.807, 2.05) is 12.1 Å². The van der Waals surface area contributed by atoms with Crippen molar-refractivity contribution in [1.82, 2.24) is 15.2 Å². The molecule has 27 heavy (non-hydrogen) atoms. The van der Waals surface area contributed by atoms with Crippen LogP contribution >= 0.6 is 0 Å². The van der Waals surface area contributed by atoms with Crippen LogP contribution in [0.25, 0.3) is 0 Å². The fourth-order valence-electron chi connectivity index (χ4n) is 3.54. The number of carbonyl (C=O) groups excluding carboxylic acids is 1. The SMILES string of the molecule is COc1ccc(C(CNC(=O)c2ccncc2)N2CCCCC2)cc1OC. The van der Waals surface area contributed by atoms with E-state index in [0.717, 1.165) is 18.7 Å². The predicted octanol–water partition coefficient (Wildman–Crippen LogP) is 3.06. The summed E-state index contributed by atoms with van der Waals surface area (Å²) in [5, 5.41) is 3.08. The van der Waals surface area contributed by atoms with Crippen molar-refractivity contribution in [1.29, 1.82) is 0 Å². The minimum Gasteiger partial charge on any atom is -0.493 e. The van der Waals surface area contributed by atoms with Crippen LogP contribution in [0.5, 0.6) is 11.5 Å². The molecule has 1 amide bonds. The molecule has 0 saturated carbocycles. The Hall–Kier alpha value is -2.60. The number of pyridine rings is 1. The quantitative estimate of drug-likeness (QED) is 0.813. The Balaban J connectivity index is 1.79. The minimum atomic E-state index is -0.0834. The molecule has 1 aliphatic rings. The van der Waals surface area contributed by atoms with Gasteiger partial charge in [-0.1, -0.05) is 12.5 Å². The zero-order valence-corrected chi connectivity index (χ0v) is 16.0. The van der Waals surface area contributed by atoms with Gasteiger partial charge in [-0.3, -0.25) is 14.7 Å². The van der Waals surface area contributed by atoms with E-state index >= 15 is 0 Å². The largest absolute Gasteiger partial charge is 0.493 e. The average Bonchev–Trinajstić information content (AvgIpc) is 2.75. The third-order valence-electron chi connectivity index (χ3n) is 5.02. The lowest BCUT2D eigenvalue weighted by Gasteiger charge is -2.35. The number of likely N-dealkylation sites (tertiary alicyclic amines) is 1. The van der Waals surface area contributed by atoms with Crippen LogP contribution in [0.15, 0.2) is 42.7 Å². The maximum atomic E-state index is 12.5. The van der Waals surface area contributed by atoms with Crippen molar-refractivity contribution in [3.63, 3.8) is 0 Å². The number of aromatic nitrogens is 1. The summed E-state index contributed by atoms with van der Waals surface area (Å²) in [7, 11) is 3.28. The molecule has 6 heteroatoms. The van der Waals surface area contributed by atoms with Gasteiger partial charge in [0.1, 0.15) is 0 Å². The molecule has 1 N–H and O–H groups in total. The minimum absolute atomic E-state index is 0.0834. The van der Waals surface area contributed by atoms with Crippen molar-refractivity contribution >= 4 is 5.91 Å². The summed E-state index contributed by atoms with van der Waals surface area (Å²) < 4.78 is 10.8. The van der Waals surface area contributed by atoms with Gasteiger partial charge in [-0.05, 0) is 55.8 Å². The lowest BCUT2D eigenvalue weighted by molar-refractivity contribution is 0.0924. The number of amides is 1. The van der Waals surface area contributed by atoms with E-state index in [9.17, 15) is 4.79 Å². The molecule has 0 radical (unpaired) electrons. The summed E-state index contributed by atoms with van der Waals surface area (Å²) in [6, 6.07) is 9.53. The highest BCUT2D eigenvalue weighted by molar-refractivity contribution is 5.93. The van der Waals surface area contributed by atoms with Crippen LogP contribution in [0.2, 0.25) is 0 Å². The third-order valence-corrected chi connectivity index (χ3v) is 5.02. The molecule has 1 aromatic carbocycles. The van der Waals surface area contributed by atoms with Crippen LogP contribution in [0.1, 0.15) is 41.2 Å². The van der Waals surface area contributed by atoms with Gasteiger partial charge < -0.3 is 14.8 Å². The zero-order chi connectivity index (χ0) is 19.1. The Kier molecular flexibility index (Phi) is 6.65. The molecule has 1 aliphatic heterocycles. The maximum absolute atomic E-state index is 12.5. The molecule has 1 unspecified atom stereocenters.